The Hall–Kier alpha value is -1.31. The van der Waals surface area contributed by atoms with Crippen molar-refractivity contribution in [3.05, 3.63) is 35.8 Å². The summed E-state index contributed by atoms with van der Waals surface area (Å²) >= 11 is 0. The molecule has 0 saturated heterocycles. The van der Waals surface area contributed by atoms with Crippen molar-refractivity contribution in [2.24, 2.45) is 5.92 Å². The average Bonchev–Trinajstić information content (AvgIpc) is 2.56. The van der Waals surface area contributed by atoms with Gasteiger partial charge in [-0.1, -0.05) is 13.0 Å². The van der Waals surface area contributed by atoms with E-state index in [1.807, 2.05) is 0 Å². The average molecular weight is 186 g/mol. The fourth-order valence-corrected chi connectivity index (χ4v) is 2.33. The molecule has 0 aliphatic heterocycles. The van der Waals surface area contributed by atoms with Gasteiger partial charge in [0.1, 0.15) is 5.65 Å². The fraction of sp³-hybridized carbons (Fsp3) is 0.417. The van der Waals surface area contributed by atoms with E-state index in [0.29, 0.717) is 0 Å². The Morgan fingerprint density at radius 3 is 3.29 bits per heavy atom. The van der Waals surface area contributed by atoms with Crippen molar-refractivity contribution >= 4 is 5.65 Å². The standard InChI is InChI=1S/C12H14N2/c1-9-5-6-10-11(8-9)14-7-3-2-4-12(14)13-10/h2-4,7,9H,5-6,8H2,1H3. The molecule has 2 heteroatoms. The summed E-state index contributed by atoms with van der Waals surface area (Å²) in [6.07, 6.45) is 5.74. The van der Waals surface area contributed by atoms with Gasteiger partial charge in [0, 0.05) is 11.9 Å². The van der Waals surface area contributed by atoms with Crippen molar-refractivity contribution in [2.45, 2.75) is 26.2 Å². The van der Waals surface area contributed by atoms with Crippen LogP contribution in [-0.4, -0.2) is 9.38 Å². The minimum absolute atomic E-state index is 0.808. The van der Waals surface area contributed by atoms with Crippen molar-refractivity contribution in [3.63, 3.8) is 0 Å². The smallest absolute Gasteiger partial charge is 0.137 e. The van der Waals surface area contributed by atoms with Crippen LogP contribution in [0.4, 0.5) is 0 Å². The molecule has 0 aromatic carbocycles. The first kappa shape index (κ1) is 8.04. The van der Waals surface area contributed by atoms with Gasteiger partial charge < -0.3 is 4.40 Å². The Morgan fingerprint density at radius 1 is 1.43 bits per heavy atom. The Morgan fingerprint density at radius 2 is 2.36 bits per heavy atom. The summed E-state index contributed by atoms with van der Waals surface area (Å²) in [7, 11) is 0. The molecule has 1 atom stereocenters. The van der Waals surface area contributed by atoms with Gasteiger partial charge in [-0.15, -0.1) is 0 Å². The maximum Gasteiger partial charge on any atom is 0.137 e. The number of aryl methyl sites for hydroxylation is 1. The van der Waals surface area contributed by atoms with Gasteiger partial charge in [-0.2, -0.15) is 0 Å². The highest BCUT2D eigenvalue weighted by molar-refractivity contribution is 5.43. The summed E-state index contributed by atoms with van der Waals surface area (Å²) in [5.74, 6) is 0.808. The van der Waals surface area contributed by atoms with Crippen LogP contribution in [0.1, 0.15) is 24.7 Å². The molecule has 2 nitrogen and oxygen atoms in total. The summed E-state index contributed by atoms with van der Waals surface area (Å²) in [5, 5.41) is 0. The number of pyridine rings is 1. The third-order valence-corrected chi connectivity index (χ3v) is 3.13. The molecule has 1 unspecified atom stereocenters. The van der Waals surface area contributed by atoms with Gasteiger partial charge in [0.25, 0.3) is 0 Å². The zero-order chi connectivity index (χ0) is 9.54. The molecule has 72 valence electrons. The molecule has 0 spiro atoms. The molecule has 14 heavy (non-hydrogen) atoms. The van der Waals surface area contributed by atoms with Crippen LogP contribution in [0.15, 0.2) is 24.4 Å². The number of hydrogen-bond acceptors (Lipinski definition) is 1. The van der Waals surface area contributed by atoms with Gasteiger partial charge in [0.15, 0.2) is 0 Å². The molecule has 3 rings (SSSR count). The molecule has 0 fully saturated rings. The van der Waals surface area contributed by atoms with Crippen molar-refractivity contribution in [1.82, 2.24) is 9.38 Å². The molecule has 0 radical (unpaired) electrons. The normalized spacial score (nSPS) is 21.1. The van der Waals surface area contributed by atoms with Gasteiger partial charge in [-0.3, -0.25) is 0 Å². The second kappa shape index (κ2) is 2.84. The van der Waals surface area contributed by atoms with Crippen molar-refractivity contribution in [2.75, 3.05) is 0 Å². The highest BCUT2D eigenvalue weighted by Crippen LogP contribution is 2.25. The third kappa shape index (κ3) is 1.07. The van der Waals surface area contributed by atoms with Crippen molar-refractivity contribution in [3.8, 4) is 0 Å². The Balaban J connectivity index is 2.25. The number of nitrogens with zero attached hydrogens (tertiary/aromatic N) is 2. The zero-order valence-electron chi connectivity index (χ0n) is 8.40. The first-order valence-electron chi connectivity index (χ1n) is 5.29. The van der Waals surface area contributed by atoms with Gasteiger partial charge in [-0.05, 0) is 37.3 Å². The highest BCUT2D eigenvalue weighted by atomic mass is 15.0. The van der Waals surface area contributed by atoms with Crippen LogP contribution in [0.3, 0.4) is 0 Å². The molecule has 2 heterocycles. The first-order valence-corrected chi connectivity index (χ1v) is 5.29. The molecular formula is C12H14N2. The second-order valence-electron chi connectivity index (χ2n) is 4.28. The second-order valence-corrected chi connectivity index (χ2v) is 4.28. The number of rotatable bonds is 0. The molecule has 0 bridgehead atoms. The lowest BCUT2D eigenvalue weighted by atomic mass is 9.91. The van der Waals surface area contributed by atoms with E-state index in [0.717, 1.165) is 18.0 Å². The first-order chi connectivity index (χ1) is 6.84. The number of hydrogen-bond donors (Lipinski definition) is 0. The Labute approximate surface area is 83.6 Å². The summed E-state index contributed by atoms with van der Waals surface area (Å²) in [4.78, 5) is 4.65. The summed E-state index contributed by atoms with van der Waals surface area (Å²) in [6, 6.07) is 6.22. The van der Waals surface area contributed by atoms with Crippen LogP contribution in [-0.2, 0) is 12.8 Å². The van der Waals surface area contributed by atoms with E-state index in [9.17, 15) is 0 Å². The van der Waals surface area contributed by atoms with E-state index >= 15 is 0 Å². The molecule has 2 aromatic heterocycles. The van der Waals surface area contributed by atoms with Crippen LogP contribution in [0.25, 0.3) is 5.65 Å². The SMILES string of the molecule is CC1CCc2nc3ccccn3c2C1. The quantitative estimate of drug-likeness (QED) is 0.617. The molecule has 0 N–H and O–H groups in total. The molecule has 0 amide bonds. The van der Waals surface area contributed by atoms with Crippen LogP contribution in [0.2, 0.25) is 0 Å². The topological polar surface area (TPSA) is 17.3 Å². The minimum atomic E-state index is 0.808. The maximum atomic E-state index is 4.65. The summed E-state index contributed by atoms with van der Waals surface area (Å²) < 4.78 is 2.24. The monoisotopic (exact) mass is 186 g/mol. The fourth-order valence-electron chi connectivity index (χ4n) is 2.33. The van der Waals surface area contributed by atoms with Gasteiger partial charge in [0.05, 0.1) is 5.69 Å². The van der Waals surface area contributed by atoms with E-state index in [1.54, 1.807) is 0 Å². The third-order valence-electron chi connectivity index (χ3n) is 3.13. The van der Waals surface area contributed by atoms with E-state index < -0.39 is 0 Å². The lowest BCUT2D eigenvalue weighted by Gasteiger charge is -2.17. The van der Waals surface area contributed by atoms with E-state index in [1.165, 1.54) is 24.2 Å². The minimum Gasteiger partial charge on any atom is -0.304 e. The van der Waals surface area contributed by atoms with Crippen molar-refractivity contribution in [1.29, 1.82) is 0 Å². The van der Waals surface area contributed by atoms with Crippen LogP contribution < -0.4 is 0 Å². The lowest BCUT2D eigenvalue weighted by molar-refractivity contribution is 0.488. The van der Waals surface area contributed by atoms with Gasteiger partial charge >= 0.3 is 0 Å². The largest absolute Gasteiger partial charge is 0.304 e. The Kier molecular flexibility index (Phi) is 1.63. The molecule has 1 aliphatic rings. The molecule has 0 saturated carbocycles. The zero-order valence-corrected chi connectivity index (χ0v) is 8.40. The molecule has 1 aliphatic carbocycles. The Bertz CT molecular complexity index is 470. The molecule has 2 aromatic rings. The number of imidazole rings is 1. The van der Waals surface area contributed by atoms with E-state index in [2.05, 4.69) is 40.7 Å². The number of aromatic nitrogens is 2. The maximum absolute atomic E-state index is 4.65. The highest BCUT2D eigenvalue weighted by Gasteiger charge is 2.19. The van der Waals surface area contributed by atoms with Crippen molar-refractivity contribution < 1.29 is 0 Å². The van der Waals surface area contributed by atoms with E-state index in [4.69, 9.17) is 0 Å². The summed E-state index contributed by atoms with van der Waals surface area (Å²) in [5.41, 5.74) is 3.85. The van der Waals surface area contributed by atoms with Crippen LogP contribution >= 0.6 is 0 Å². The summed E-state index contributed by atoms with van der Waals surface area (Å²) in [6.45, 7) is 2.32. The van der Waals surface area contributed by atoms with Crippen LogP contribution in [0.5, 0.6) is 0 Å². The number of fused-ring (bicyclic) bond motifs is 3. The van der Waals surface area contributed by atoms with Gasteiger partial charge in [-0.25, -0.2) is 4.98 Å². The van der Waals surface area contributed by atoms with E-state index in [-0.39, 0.29) is 0 Å². The van der Waals surface area contributed by atoms with Gasteiger partial charge in [0.2, 0.25) is 0 Å². The van der Waals surface area contributed by atoms with Crippen LogP contribution in [0, 0.1) is 5.92 Å². The molecular weight excluding hydrogens is 172 g/mol. The predicted molar refractivity (Wildman–Crippen MR) is 56.4 cm³/mol. The predicted octanol–water partition coefficient (Wildman–Crippen LogP) is 2.46. The lowest BCUT2D eigenvalue weighted by Crippen LogP contribution is -2.12.